The van der Waals surface area contributed by atoms with E-state index in [9.17, 15) is 13.6 Å². The Labute approximate surface area is 105 Å². The van der Waals surface area contributed by atoms with Crippen LogP contribution >= 0.6 is 0 Å². The molecular weight excluding hydrogens is 258 g/mol. The van der Waals surface area contributed by atoms with E-state index in [1.807, 2.05) is 0 Å². The minimum Gasteiger partial charge on any atom is -0.478 e. The maximum atomic E-state index is 13.3. The average Bonchev–Trinajstić information content (AvgIpc) is 3.10. The van der Waals surface area contributed by atoms with Crippen molar-refractivity contribution in [3.05, 3.63) is 35.2 Å². The first-order chi connectivity index (χ1) is 9.08. The van der Waals surface area contributed by atoms with Crippen molar-refractivity contribution >= 4 is 5.97 Å². The summed E-state index contributed by atoms with van der Waals surface area (Å²) in [7, 11) is 0. The van der Waals surface area contributed by atoms with E-state index in [1.54, 1.807) is 0 Å². The Morgan fingerprint density at radius 2 is 2.00 bits per heavy atom. The topological polar surface area (TPSA) is 80.9 Å². The van der Waals surface area contributed by atoms with Crippen molar-refractivity contribution in [1.29, 1.82) is 0 Å². The Morgan fingerprint density at radius 3 is 2.63 bits per heavy atom. The van der Waals surface area contributed by atoms with Gasteiger partial charge in [-0.25, -0.2) is 13.6 Å². The molecule has 0 spiro atoms. The fourth-order valence-corrected chi connectivity index (χ4v) is 1.84. The van der Waals surface area contributed by atoms with Crippen LogP contribution < -0.4 is 0 Å². The van der Waals surface area contributed by atoms with Gasteiger partial charge in [0.05, 0.1) is 11.3 Å². The summed E-state index contributed by atoms with van der Waals surface area (Å²) in [6.45, 7) is 0. The smallest absolute Gasteiger partial charge is 0.338 e. The Morgan fingerprint density at radius 1 is 1.32 bits per heavy atom. The summed E-state index contributed by atoms with van der Waals surface area (Å²) in [5.41, 5.74) is -0.452. The third kappa shape index (κ3) is 1.94. The summed E-state index contributed by atoms with van der Waals surface area (Å²) in [4.78, 5) is 11.1. The largest absolute Gasteiger partial charge is 0.478 e. The van der Waals surface area contributed by atoms with Gasteiger partial charge in [-0.3, -0.25) is 0 Å². The first kappa shape index (κ1) is 11.7. The highest BCUT2D eigenvalue weighted by Crippen LogP contribution is 2.39. The normalized spacial score (nSPS) is 14.6. The van der Waals surface area contributed by atoms with Crippen LogP contribution in [0.15, 0.2) is 12.1 Å². The molecule has 0 bridgehead atoms. The van der Waals surface area contributed by atoms with E-state index in [-0.39, 0.29) is 17.2 Å². The lowest BCUT2D eigenvalue weighted by Gasteiger charge is -2.08. The number of carboxylic acids is 1. The number of halogens is 2. The second-order valence-electron chi connectivity index (χ2n) is 4.31. The molecule has 0 saturated heterocycles. The lowest BCUT2D eigenvalue weighted by Crippen LogP contribution is -2.11. The summed E-state index contributed by atoms with van der Waals surface area (Å²) in [6, 6.07) is 1.42. The lowest BCUT2D eigenvalue weighted by atomic mass is 10.1. The number of nitrogens with zero attached hydrogens (tertiary/aromatic N) is 4. The van der Waals surface area contributed by atoms with Crippen LogP contribution in [-0.4, -0.2) is 31.3 Å². The summed E-state index contributed by atoms with van der Waals surface area (Å²) in [5.74, 6) is -3.12. The van der Waals surface area contributed by atoms with Crippen LogP contribution in [0.3, 0.4) is 0 Å². The second kappa shape index (κ2) is 4.08. The molecular formula is C11H8F2N4O2. The van der Waals surface area contributed by atoms with Gasteiger partial charge in [-0.15, -0.1) is 5.10 Å². The van der Waals surface area contributed by atoms with Gasteiger partial charge < -0.3 is 5.11 Å². The van der Waals surface area contributed by atoms with Crippen LogP contribution in [0.25, 0.3) is 5.69 Å². The number of carboxylic acid groups (broad SMARTS) is 1. The maximum absolute atomic E-state index is 13.3. The molecule has 0 amide bonds. The predicted molar refractivity (Wildman–Crippen MR) is 58.0 cm³/mol. The molecule has 1 heterocycles. The van der Waals surface area contributed by atoms with Crippen molar-refractivity contribution in [2.24, 2.45) is 0 Å². The number of tetrazole rings is 1. The molecule has 0 atom stereocenters. The Bertz CT molecular complexity index is 667. The third-order valence-corrected chi connectivity index (χ3v) is 2.93. The van der Waals surface area contributed by atoms with E-state index >= 15 is 0 Å². The first-order valence-electron chi connectivity index (χ1n) is 5.59. The summed E-state index contributed by atoms with van der Waals surface area (Å²) in [6.07, 6.45) is 1.79. The van der Waals surface area contributed by atoms with Crippen LogP contribution in [0.5, 0.6) is 0 Å². The molecule has 1 aromatic carbocycles. The van der Waals surface area contributed by atoms with Gasteiger partial charge in [0.1, 0.15) is 0 Å². The van der Waals surface area contributed by atoms with Crippen LogP contribution in [-0.2, 0) is 0 Å². The van der Waals surface area contributed by atoms with Gasteiger partial charge in [0.25, 0.3) is 0 Å². The van der Waals surface area contributed by atoms with E-state index in [2.05, 4.69) is 15.5 Å². The molecule has 6 nitrogen and oxygen atoms in total. The van der Waals surface area contributed by atoms with Crippen LogP contribution in [0.4, 0.5) is 8.78 Å². The molecule has 0 radical (unpaired) electrons. The van der Waals surface area contributed by atoms with E-state index < -0.39 is 17.6 Å². The molecule has 19 heavy (non-hydrogen) atoms. The van der Waals surface area contributed by atoms with E-state index in [1.165, 1.54) is 0 Å². The summed E-state index contributed by atoms with van der Waals surface area (Å²) in [5, 5.41) is 20.0. The average molecular weight is 266 g/mol. The fraction of sp³-hybridized carbons (Fsp3) is 0.273. The molecule has 1 aliphatic rings. The molecule has 98 valence electrons. The summed E-state index contributed by atoms with van der Waals surface area (Å²) >= 11 is 0. The van der Waals surface area contributed by atoms with Crippen molar-refractivity contribution in [1.82, 2.24) is 20.2 Å². The van der Waals surface area contributed by atoms with Crippen LogP contribution in [0, 0.1) is 11.6 Å². The number of benzene rings is 1. The Balaban J connectivity index is 2.20. The molecule has 3 rings (SSSR count). The molecule has 1 aliphatic carbocycles. The van der Waals surface area contributed by atoms with Crippen LogP contribution in [0.1, 0.15) is 34.9 Å². The van der Waals surface area contributed by atoms with Crippen molar-refractivity contribution in [3.8, 4) is 5.69 Å². The Hall–Kier alpha value is -2.38. The molecule has 2 aromatic rings. The summed E-state index contributed by atoms with van der Waals surface area (Å²) < 4.78 is 27.6. The second-order valence-corrected chi connectivity index (χ2v) is 4.31. The van der Waals surface area contributed by atoms with Gasteiger partial charge in [0.2, 0.25) is 0 Å². The maximum Gasteiger partial charge on any atom is 0.338 e. The monoisotopic (exact) mass is 266 g/mol. The number of hydrogen-bond acceptors (Lipinski definition) is 4. The number of aromatic nitrogens is 4. The highest BCUT2D eigenvalue weighted by Gasteiger charge is 2.31. The highest BCUT2D eigenvalue weighted by molar-refractivity contribution is 5.92. The number of aromatic carboxylic acids is 1. The van der Waals surface area contributed by atoms with Gasteiger partial charge in [0, 0.05) is 12.0 Å². The molecule has 1 fully saturated rings. The molecule has 1 saturated carbocycles. The number of carbonyl (C=O) groups is 1. The van der Waals surface area contributed by atoms with Gasteiger partial charge in [-0.05, 0) is 29.3 Å². The lowest BCUT2D eigenvalue weighted by molar-refractivity contribution is 0.0696. The minimum absolute atomic E-state index is 0.0710. The molecule has 1 aromatic heterocycles. The zero-order valence-corrected chi connectivity index (χ0v) is 9.55. The van der Waals surface area contributed by atoms with Gasteiger partial charge in [0.15, 0.2) is 17.5 Å². The first-order valence-corrected chi connectivity index (χ1v) is 5.59. The molecule has 8 heteroatoms. The predicted octanol–water partition coefficient (Wildman–Crippen LogP) is 1.52. The van der Waals surface area contributed by atoms with Crippen LogP contribution in [0.2, 0.25) is 0 Å². The van der Waals surface area contributed by atoms with E-state index in [0.717, 1.165) is 23.6 Å². The van der Waals surface area contributed by atoms with E-state index in [0.29, 0.717) is 11.9 Å². The van der Waals surface area contributed by atoms with Gasteiger partial charge in [-0.2, -0.15) is 4.68 Å². The quantitative estimate of drug-likeness (QED) is 0.910. The van der Waals surface area contributed by atoms with Crippen molar-refractivity contribution in [2.75, 3.05) is 0 Å². The van der Waals surface area contributed by atoms with Crippen molar-refractivity contribution in [2.45, 2.75) is 18.8 Å². The fourth-order valence-electron chi connectivity index (χ4n) is 1.84. The van der Waals surface area contributed by atoms with Crippen molar-refractivity contribution in [3.63, 3.8) is 0 Å². The van der Waals surface area contributed by atoms with Gasteiger partial charge >= 0.3 is 5.97 Å². The van der Waals surface area contributed by atoms with Crippen molar-refractivity contribution < 1.29 is 18.7 Å². The SMILES string of the molecule is O=C(O)c1cc(F)c(F)cc1-n1nnnc1C1CC1. The van der Waals surface area contributed by atoms with Gasteiger partial charge in [-0.1, -0.05) is 0 Å². The van der Waals surface area contributed by atoms with E-state index in [4.69, 9.17) is 5.11 Å². The minimum atomic E-state index is -1.37. The highest BCUT2D eigenvalue weighted by atomic mass is 19.2. The Kier molecular flexibility index (Phi) is 2.51. The molecule has 0 aliphatic heterocycles. The zero-order chi connectivity index (χ0) is 13.6. The number of hydrogen-bond donors (Lipinski definition) is 1. The molecule has 0 unspecified atom stereocenters. The zero-order valence-electron chi connectivity index (χ0n) is 9.55. The standard InChI is InChI=1S/C11H8F2N4O2/c12-7-3-6(11(18)19)9(4-8(7)13)17-10(5-1-2-5)14-15-16-17/h3-5H,1-2H2,(H,18,19). The third-order valence-electron chi connectivity index (χ3n) is 2.93. The number of rotatable bonds is 3. The molecule has 1 N–H and O–H groups in total.